The van der Waals surface area contributed by atoms with Crippen LogP contribution in [-0.4, -0.2) is 64.6 Å². The Morgan fingerprint density at radius 1 is 1.36 bits per heavy atom. The van der Waals surface area contributed by atoms with E-state index in [2.05, 4.69) is 17.3 Å². The molecule has 4 heteroatoms. The minimum atomic E-state index is 0.658. The van der Waals surface area contributed by atoms with Crippen LogP contribution in [0.1, 0.15) is 6.42 Å². The third-order valence-electron chi connectivity index (χ3n) is 2.50. The predicted octanol–water partition coefficient (Wildman–Crippen LogP) is -0.0569. The molecule has 1 saturated heterocycles. The summed E-state index contributed by atoms with van der Waals surface area (Å²) in [5.41, 5.74) is 0. The highest BCUT2D eigenvalue weighted by molar-refractivity contribution is 4.78. The number of nitrogens with one attached hydrogen (secondary N) is 1. The van der Waals surface area contributed by atoms with Crippen molar-refractivity contribution in [2.45, 2.75) is 12.5 Å². The third kappa shape index (κ3) is 4.91. The zero-order valence-corrected chi connectivity index (χ0v) is 9.29. The number of hydrogen-bond acceptors (Lipinski definition) is 4. The summed E-state index contributed by atoms with van der Waals surface area (Å²) < 4.78 is 10.2. The van der Waals surface area contributed by atoms with Gasteiger partial charge in [-0.05, 0) is 20.0 Å². The van der Waals surface area contributed by atoms with Gasteiger partial charge in [-0.3, -0.25) is 0 Å². The molecule has 0 spiro atoms. The molecule has 1 unspecified atom stereocenters. The van der Waals surface area contributed by atoms with E-state index in [0.717, 1.165) is 19.7 Å². The van der Waals surface area contributed by atoms with Crippen LogP contribution in [0.15, 0.2) is 0 Å². The van der Waals surface area contributed by atoms with Crippen molar-refractivity contribution in [3.05, 3.63) is 0 Å². The van der Waals surface area contributed by atoms with Crippen molar-refractivity contribution in [3.8, 4) is 0 Å². The van der Waals surface area contributed by atoms with Gasteiger partial charge in [0, 0.05) is 26.2 Å². The minimum Gasteiger partial charge on any atom is -0.382 e. The van der Waals surface area contributed by atoms with E-state index < -0.39 is 0 Å². The lowest BCUT2D eigenvalue weighted by molar-refractivity contribution is 0.0711. The van der Waals surface area contributed by atoms with E-state index in [1.165, 1.54) is 13.0 Å². The quantitative estimate of drug-likeness (QED) is 0.587. The van der Waals surface area contributed by atoms with Crippen LogP contribution in [0, 0.1) is 0 Å². The highest BCUT2D eigenvalue weighted by Gasteiger charge is 2.17. The summed E-state index contributed by atoms with van der Waals surface area (Å²) in [6.45, 7) is 5.49. The van der Waals surface area contributed by atoms with Crippen LogP contribution in [0.3, 0.4) is 0 Å². The van der Waals surface area contributed by atoms with Crippen molar-refractivity contribution in [1.82, 2.24) is 10.2 Å². The lowest BCUT2D eigenvalue weighted by atomic mass is 10.3. The second-order valence-corrected chi connectivity index (χ2v) is 3.81. The molecule has 84 valence electrons. The van der Waals surface area contributed by atoms with Gasteiger partial charge in [-0.2, -0.15) is 0 Å². The summed E-state index contributed by atoms with van der Waals surface area (Å²) in [5, 5.41) is 3.48. The molecule has 0 aromatic rings. The molecular weight excluding hydrogens is 180 g/mol. The van der Waals surface area contributed by atoms with Crippen LogP contribution in [0.5, 0.6) is 0 Å². The first-order chi connectivity index (χ1) is 6.83. The second kappa shape index (κ2) is 7.17. The van der Waals surface area contributed by atoms with Gasteiger partial charge in [0.05, 0.1) is 19.8 Å². The summed E-state index contributed by atoms with van der Waals surface area (Å²) in [7, 11) is 3.85. The molecule has 1 rings (SSSR count). The second-order valence-electron chi connectivity index (χ2n) is 3.81. The van der Waals surface area contributed by atoms with Gasteiger partial charge in [-0.1, -0.05) is 0 Å². The van der Waals surface area contributed by atoms with Gasteiger partial charge in [-0.25, -0.2) is 0 Å². The highest BCUT2D eigenvalue weighted by atomic mass is 16.5. The van der Waals surface area contributed by atoms with E-state index >= 15 is 0 Å². The van der Waals surface area contributed by atoms with Crippen LogP contribution in [-0.2, 0) is 9.47 Å². The van der Waals surface area contributed by atoms with Gasteiger partial charge in [0.15, 0.2) is 0 Å². The van der Waals surface area contributed by atoms with Crippen LogP contribution in [0.25, 0.3) is 0 Å². The highest BCUT2D eigenvalue weighted by Crippen LogP contribution is 2.05. The number of hydrogen-bond donors (Lipinski definition) is 1. The monoisotopic (exact) mass is 202 g/mol. The maximum absolute atomic E-state index is 5.36. The maximum atomic E-state index is 5.36. The fraction of sp³-hybridized carbons (Fsp3) is 1.00. The molecular formula is C10H22N2O2. The molecule has 0 saturated carbocycles. The van der Waals surface area contributed by atoms with Crippen molar-refractivity contribution >= 4 is 0 Å². The summed E-state index contributed by atoms with van der Waals surface area (Å²) >= 11 is 0. The zero-order valence-electron chi connectivity index (χ0n) is 9.29. The first kappa shape index (κ1) is 11.9. The summed E-state index contributed by atoms with van der Waals surface area (Å²) in [5.74, 6) is 0. The topological polar surface area (TPSA) is 33.7 Å². The third-order valence-corrected chi connectivity index (χ3v) is 2.50. The Morgan fingerprint density at radius 2 is 2.21 bits per heavy atom. The summed E-state index contributed by atoms with van der Waals surface area (Å²) in [6, 6.07) is 0.658. The predicted molar refractivity (Wildman–Crippen MR) is 56.6 cm³/mol. The molecule has 0 aromatic heterocycles. The largest absolute Gasteiger partial charge is 0.382 e. The summed E-state index contributed by atoms with van der Waals surface area (Å²) in [4.78, 5) is 2.35. The van der Waals surface area contributed by atoms with Crippen molar-refractivity contribution in [1.29, 1.82) is 0 Å². The van der Waals surface area contributed by atoms with E-state index in [4.69, 9.17) is 9.47 Å². The van der Waals surface area contributed by atoms with Crippen LogP contribution in [0.4, 0.5) is 0 Å². The number of rotatable bonds is 7. The van der Waals surface area contributed by atoms with Crippen molar-refractivity contribution in [2.24, 2.45) is 0 Å². The fourth-order valence-electron chi connectivity index (χ4n) is 1.68. The molecule has 1 aliphatic heterocycles. The first-order valence-electron chi connectivity index (χ1n) is 5.31. The number of methoxy groups -OCH3 is 1. The molecule has 1 fully saturated rings. The van der Waals surface area contributed by atoms with Gasteiger partial charge in [-0.15, -0.1) is 0 Å². The number of ether oxygens (including phenoxy) is 2. The molecule has 0 bridgehead atoms. The molecule has 1 aliphatic rings. The lowest BCUT2D eigenvalue weighted by Crippen LogP contribution is -2.34. The zero-order chi connectivity index (χ0) is 10.2. The average Bonchev–Trinajstić information content (AvgIpc) is 2.58. The Bertz CT molecular complexity index is 144. The molecule has 14 heavy (non-hydrogen) atoms. The number of likely N-dealkylation sites (tertiary alicyclic amines) is 1. The van der Waals surface area contributed by atoms with Gasteiger partial charge in [0.25, 0.3) is 0 Å². The molecule has 1 heterocycles. The normalized spacial score (nSPS) is 23.1. The Morgan fingerprint density at radius 3 is 2.86 bits per heavy atom. The smallest absolute Gasteiger partial charge is 0.0700 e. The van der Waals surface area contributed by atoms with Gasteiger partial charge < -0.3 is 19.7 Å². The molecule has 0 aliphatic carbocycles. The van der Waals surface area contributed by atoms with E-state index in [1.54, 1.807) is 7.11 Å². The summed E-state index contributed by atoms with van der Waals surface area (Å²) in [6.07, 6.45) is 1.26. The maximum Gasteiger partial charge on any atom is 0.0700 e. The standard InChI is InChI=1S/C10H22N2O2/c1-12-5-3-10(9-12)11-4-6-14-8-7-13-2/h10-11H,3-9H2,1-2H3. The van der Waals surface area contributed by atoms with E-state index in [9.17, 15) is 0 Å². The minimum absolute atomic E-state index is 0.658. The average molecular weight is 202 g/mol. The first-order valence-corrected chi connectivity index (χ1v) is 5.31. The van der Waals surface area contributed by atoms with Gasteiger partial charge in [0.1, 0.15) is 0 Å². The number of likely N-dealkylation sites (N-methyl/N-ethyl adjacent to an activating group) is 1. The van der Waals surface area contributed by atoms with Crippen LogP contribution < -0.4 is 5.32 Å². The van der Waals surface area contributed by atoms with Gasteiger partial charge >= 0.3 is 0 Å². The number of nitrogens with zero attached hydrogens (tertiary/aromatic N) is 1. The van der Waals surface area contributed by atoms with E-state index in [-0.39, 0.29) is 0 Å². The lowest BCUT2D eigenvalue weighted by Gasteiger charge is -2.12. The van der Waals surface area contributed by atoms with Crippen LogP contribution in [0.2, 0.25) is 0 Å². The fourth-order valence-corrected chi connectivity index (χ4v) is 1.68. The molecule has 4 nitrogen and oxygen atoms in total. The Labute approximate surface area is 86.6 Å². The molecule has 0 radical (unpaired) electrons. The Balaban J connectivity index is 1.84. The van der Waals surface area contributed by atoms with E-state index in [0.29, 0.717) is 19.3 Å². The van der Waals surface area contributed by atoms with Gasteiger partial charge in [0.2, 0.25) is 0 Å². The van der Waals surface area contributed by atoms with Crippen molar-refractivity contribution < 1.29 is 9.47 Å². The SMILES string of the molecule is COCCOCCNC1CCN(C)C1. The molecule has 0 aromatic carbocycles. The Kier molecular flexibility index (Phi) is 6.10. The van der Waals surface area contributed by atoms with E-state index in [1.807, 2.05) is 0 Å². The Hall–Kier alpha value is -0.160. The molecule has 0 amide bonds. The van der Waals surface area contributed by atoms with Crippen molar-refractivity contribution in [2.75, 3.05) is 53.6 Å². The molecule has 1 N–H and O–H groups in total. The van der Waals surface area contributed by atoms with Crippen molar-refractivity contribution in [3.63, 3.8) is 0 Å². The van der Waals surface area contributed by atoms with Crippen LogP contribution >= 0.6 is 0 Å². The molecule has 1 atom stereocenters.